The molecule has 4 aliphatic rings. The predicted molar refractivity (Wildman–Crippen MR) is 602 cm³/mol. The Balaban J connectivity index is 0.000000287. The van der Waals surface area contributed by atoms with E-state index in [0.29, 0.717) is 195 Å². The molecule has 0 fully saturated rings. The number of aromatic hydroxyl groups is 4. The molecule has 0 spiro atoms. The monoisotopic (exact) mass is 3150 g/mol. The standard InChI is InChI=1S/2C22H19BBr4N2O5S.C21H16Br4N2O4S.C21H14Br4O5S.2C2HF3O2.Na/c2*1-10-13(8-15(24)21(30)19(10)26)18(14-9-16(25)22(31)20(27)11(14)2)12-6-4-5-7-17(12)35(33,34)29-28-23(3)32;1-9-12(7-14(22)20(28)18(9)24)17(13-8-15(23)21(29)19(25)10(13)2)11-5-3-4-6-16(11)32(30,31)27-26;1-9-12(7-14(22)20(26)18(9)24)17(11-5-3-4-6-16(11)31(28,29)30)13-8-15(23)21(27)19(25)10(13)2;2*3-2(4,5)1(6)7;/h2*4-9,28-30,32H,1-3H3;3-8,27-28H,26H2,1-2H3;3-8,26H,1-2H3,(H,28,29,30);2*(H,6,7);/q;;;;;;+1/p-1. The number of carbonyl (C=O) groups is 6. The summed E-state index contributed by atoms with van der Waals surface area (Å²) < 4.78 is 184. The second kappa shape index (κ2) is 54.5. The number of carboxylic acid groups (broad SMARTS) is 2. The van der Waals surface area contributed by atoms with Crippen LogP contribution < -0.4 is 60.6 Å². The zero-order chi connectivity index (χ0) is 112. The molecule has 29 nitrogen and oxygen atoms in total. The first-order valence-electron chi connectivity index (χ1n) is 40.1. The quantitative estimate of drug-likeness (QED) is 0.0118. The Labute approximate surface area is 1000 Å². The van der Waals surface area contributed by atoms with Gasteiger partial charge in [0.05, 0.1) is 91.2 Å². The summed E-state index contributed by atoms with van der Waals surface area (Å²) in [6, 6.07) is 31.9. The Bertz CT molecular complexity index is 7560. The second-order valence-corrected chi connectivity index (χ2v) is 50.0. The summed E-state index contributed by atoms with van der Waals surface area (Å²) >= 11 is 53.7. The van der Waals surface area contributed by atoms with E-state index in [9.17, 15) is 114 Å². The molecule has 8 aromatic carbocycles. The van der Waals surface area contributed by atoms with Gasteiger partial charge in [-0.25, -0.2) is 43.3 Å². The van der Waals surface area contributed by atoms with Crippen LogP contribution in [0.1, 0.15) is 94.5 Å². The summed E-state index contributed by atoms with van der Waals surface area (Å²) in [4.78, 5) is 73.5. The molecule has 782 valence electrons. The molecule has 0 unspecified atom stereocenters. The van der Waals surface area contributed by atoms with Gasteiger partial charge in [-0.05, 0) is 508 Å². The number of benzene rings is 8. The first-order chi connectivity index (χ1) is 67.7. The Morgan fingerprint density at radius 2 is 0.527 bits per heavy atom. The maximum Gasteiger partial charge on any atom is 1.00 e. The van der Waals surface area contributed by atoms with Crippen LogP contribution in [0.5, 0.6) is 23.0 Å². The van der Waals surface area contributed by atoms with E-state index in [-0.39, 0.29) is 105 Å². The van der Waals surface area contributed by atoms with E-state index in [4.69, 9.17) is 25.6 Å². The van der Waals surface area contributed by atoms with Crippen LogP contribution in [0, 0.1) is 27.7 Å². The number of rotatable bonds is 19. The number of carboxylic acids is 2. The van der Waals surface area contributed by atoms with Crippen LogP contribution in [-0.2, 0) is 69.0 Å². The number of carbonyl (C=O) groups excluding carboxylic acids is 4. The van der Waals surface area contributed by atoms with E-state index in [1.165, 1.54) is 44.0 Å². The summed E-state index contributed by atoms with van der Waals surface area (Å²) in [5, 5.41) is 79.4. The van der Waals surface area contributed by atoms with Crippen LogP contribution in [0.15, 0.2) is 281 Å². The van der Waals surface area contributed by atoms with Crippen molar-refractivity contribution in [2.24, 2.45) is 5.84 Å². The van der Waals surface area contributed by atoms with Gasteiger partial charge in [0.25, 0.3) is 30.1 Å². The van der Waals surface area contributed by atoms with Crippen molar-refractivity contribution in [2.45, 2.75) is 101 Å². The molecular formula is C90H69B2Br16F6N6NaO23S4. The third kappa shape index (κ3) is 31.3. The molecule has 0 heterocycles. The van der Waals surface area contributed by atoms with Gasteiger partial charge in [-0.3, -0.25) is 35.7 Å². The van der Waals surface area contributed by atoms with E-state index in [2.05, 4.69) is 275 Å². The van der Waals surface area contributed by atoms with Crippen molar-refractivity contribution in [1.82, 2.24) is 25.2 Å². The van der Waals surface area contributed by atoms with E-state index in [1.807, 2.05) is 4.83 Å². The fourth-order valence-corrected chi connectivity index (χ4v) is 26.3. The van der Waals surface area contributed by atoms with Crippen LogP contribution in [0.2, 0.25) is 13.6 Å². The smallest absolute Gasteiger partial charge is 0.744 e. The molecule has 15 N–H and O–H groups in total. The molecule has 58 heteroatoms. The predicted octanol–water partition coefficient (Wildman–Crippen LogP) is 21.3. The molecule has 0 saturated heterocycles. The molecule has 0 bridgehead atoms. The molecule has 0 aromatic heterocycles. The molecule has 4 aliphatic carbocycles. The number of hydrogen-bond acceptors (Lipinski definition) is 24. The number of phenolic OH excluding ortho intramolecular Hbond substituents is 4. The Hall–Kier alpha value is -4.71. The van der Waals surface area contributed by atoms with Crippen LogP contribution in [-0.4, -0.2) is 140 Å². The molecule has 0 atom stereocenters. The van der Waals surface area contributed by atoms with Crippen molar-refractivity contribution in [3.05, 3.63) is 329 Å². The summed E-state index contributed by atoms with van der Waals surface area (Å²) in [5.41, 5.74) is 13.1. The van der Waals surface area contributed by atoms with Gasteiger partial charge in [0.1, 0.15) is 33.1 Å². The third-order valence-corrected chi connectivity index (χ3v) is 38.1. The molecule has 148 heavy (non-hydrogen) atoms. The third-order valence-electron chi connectivity index (χ3n) is 20.8. The largest absolute Gasteiger partial charge is 1.00 e. The zero-order valence-electron chi connectivity index (χ0n) is 76.7. The van der Waals surface area contributed by atoms with E-state index < -0.39 is 78.6 Å². The zero-order valence-corrected chi connectivity index (χ0v) is 107. The number of ketones is 4. The number of hydrogen-bond donors (Lipinski definition) is 14. The summed E-state index contributed by atoms with van der Waals surface area (Å²) in [5.74, 6) is -1.13. The van der Waals surface area contributed by atoms with Crippen molar-refractivity contribution in [3.8, 4) is 23.0 Å². The van der Waals surface area contributed by atoms with Gasteiger partial charge in [-0.2, -0.15) is 40.8 Å². The molecule has 12 rings (SSSR count). The van der Waals surface area contributed by atoms with Crippen LogP contribution in [0.25, 0.3) is 22.3 Å². The van der Waals surface area contributed by atoms with Crippen LogP contribution >= 0.6 is 255 Å². The van der Waals surface area contributed by atoms with Gasteiger partial charge in [-0.1, -0.05) is 72.8 Å². The van der Waals surface area contributed by atoms with Crippen LogP contribution in [0.3, 0.4) is 0 Å². The normalized spacial score (nSPS) is 15.6. The van der Waals surface area contributed by atoms with Crippen LogP contribution in [0.4, 0.5) is 26.3 Å². The molecule has 8 aromatic rings. The Morgan fingerprint density at radius 3 is 0.709 bits per heavy atom. The van der Waals surface area contributed by atoms with E-state index in [1.54, 1.807) is 171 Å². The summed E-state index contributed by atoms with van der Waals surface area (Å²) in [6.07, 6.45) is -3.61. The van der Waals surface area contributed by atoms with Gasteiger partial charge in [0.2, 0.25) is 23.1 Å². The van der Waals surface area contributed by atoms with Gasteiger partial charge >= 0.3 is 67.9 Å². The van der Waals surface area contributed by atoms with Gasteiger partial charge in [-0.15, -0.1) is 0 Å². The van der Waals surface area contributed by atoms with Gasteiger partial charge in [0, 0.05) is 22.3 Å². The number of nitrogens with one attached hydrogen (secondary N) is 5. The number of hydrazine groups is 3. The fraction of sp³-hybridized carbons (Fsp3) is 0.133. The molecule has 0 radical (unpaired) electrons. The minimum absolute atomic E-state index is 0. The number of nitrogens with two attached hydrogens (primary N) is 1. The van der Waals surface area contributed by atoms with Crippen molar-refractivity contribution in [2.75, 3.05) is 0 Å². The van der Waals surface area contributed by atoms with E-state index in [0.717, 1.165) is 0 Å². The average molecular weight is 3170 g/mol. The maximum absolute atomic E-state index is 13.2. The minimum Gasteiger partial charge on any atom is -0.744 e. The molecule has 0 aliphatic heterocycles. The van der Waals surface area contributed by atoms with Crippen molar-refractivity contribution < 1.29 is 164 Å². The number of allylic oxidation sites excluding steroid dienone is 20. The van der Waals surface area contributed by atoms with Gasteiger partial charge in [0.15, 0.2) is 0 Å². The summed E-state index contributed by atoms with van der Waals surface area (Å²) in [7, 11) is -19.3. The first kappa shape index (κ1) is 132. The average Bonchev–Trinajstić information content (AvgIpc) is 0.758. The van der Waals surface area contributed by atoms with Gasteiger partial charge < -0.3 is 45.2 Å². The topological polar surface area (TPSA) is 510 Å². The SMILES string of the molecule is CB(O)NNS(=O)(=O)c1ccccc1C(=C1C=C(Br)C(=O)C(Br)=C1C)c1cc(Br)c(O)c(Br)c1C.CB(O)NNS(=O)(=O)c1ccccc1C(=C1C=C(Br)C(=O)C(Br)=C1C)c1cc(Br)c(O)c(Br)c1C.CC1=C(Br)C(=O)C(Br)=CC1=C(c1ccccc1S(=O)(=O)NN)c1cc(Br)c(O)c(Br)c1C.CC1=C(Br)C(=O)C(Br)=CC1=C(c1ccccc1S(=O)(=O)[O-])c1cc(Br)c(O)c(Br)c1C.O=C(O)C(F)(F)F.O=C(O)C(F)(F)F.[Na+]. The number of sulfonamides is 3. The number of phenols is 4. The number of halogens is 22. The Kier molecular flexibility index (Phi) is 48.6. The molecular weight excluding hydrogens is 3100 g/mol. The van der Waals surface area contributed by atoms with E-state index >= 15 is 0 Å². The van der Waals surface area contributed by atoms with Crippen molar-refractivity contribution in [1.29, 1.82) is 0 Å². The first-order valence-corrected chi connectivity index (χ1v) is 58.7. The minimum atomic E-state index is -5.08. The van der Waals surface area contributed by atoms with Crippen molar-refractivity contribution >= 4 is 367 Å². The number of Topliss-reactive ketones (excluding diaryl/α,β-unsaturated/α-hetero) is 4. The second-order valence-electron chi connectivity index (χ2n) is 30.5. The Morgan fingerprint density at radius 1 is 0.345 bits per heavy atom. The molecule has 0 amide bonds. The molecule has 0 saturated carbocycles. The fourth-order valence-electron chi connectivity index (χ4n) is 13.5. The number of aliphatic carboxylic acids is 2. The number of alkyl halides is 6. The maximum atomic E-state index is 13.2. The summed E-state index contributed by atoms with van der Waals surface area (Å²) in [6.45, 7) is 16.9. The van der Waals surface area contributed by atoms with Crippen molar-refractivity contribution in [3.63, 3.8) is 0 Å².